The number of rotatable bonds is 7. The molecule has 1 amide bonds. The monoisotopic (exact) mass is 294 g/mol. The van der Waals surface area contributed by atoms with Crippen LogP contribution in [0.5, 0.6) is 0 Å². The van der Waals surface area contributed by atoms with Gasteiger partial charge in [0.1, 0.15) is 6.42 Å². The molecular formula is C13H14N2O6. The zero-order valence-electron chi connectivity index (χ0n) is 10.9. The first-order valence-electron chi connectivity index (χ1n) is 5.97. The van der Waals surface area contributed by atoms with Gasteiger partial charge < -0.3 is 20.7 Å². The van der Waals surface area contributed by atoms with Crippen LogP contribution < -0.4 is 5.32 Å². The number of hydrogen-bond acceptors (Lipinski definition) is 5. The van der Waals surface area contributed by atoms with E-state index in [4.69, 9.17) is 15.4 Å². The Hall–Kier alpha value is -2.90. The third kappa shape index (κ3) is 5.72. The van der Waals surface area contributed by atoms with Crippen molar-refractivity contribution in [1.29, 1.82) is 0 Å². The van der Waals surface area contributed by atoms with Crippen LogP contribution >= 0.6 is 0 Å². The topological polar surface area (TPSA) is 136 Å². The Kier molecular flexibility index (Phi) is 5.87. The number of anilines is 1. The average Bonchev–Trinajstić information content (AvgIpc) is 2.40. The fraction of sp³-hybridized carbons (Fsp3) is 0.231. The van der Waals surface area contributed by atoms with E-state index in [-0.39, 0.29) is 18.6 Å². The van der Waals surface area contributed by atoms with E-state index in [9.17, 15) is 14.4 Å². The summed E-state index contributed by atoms with van der Waals surface area (Å²) >= 11 is 0. The molecule has 0 fully saturated rings. The van der Waals surface area contributed by atoms with Gasteiger partial charge in [-0.15, -0.1) is 0 Å². The number of carbonyl (C=O) groups is 3. The molecule has 0 aliphatic carbocycles. The number of hydrogen-bond donors (Lipinski definition) is 4. The second kappa shape index (κ2) is 7.63. The van der Waals surface area contributed by atoms with E-state index in [1.165, 1.54) is 24.3 Å². The fourth-order valence-electron chi connectivity index (χ4n) is 1.57. The first kappa shape index (κ1) is 16.2. The Bertz CT molecular complexity index is 565. The van der Waals surface area contributed by atoms with E-state index in [0.29, 0.717) is 11.3 Å². The summed E-state index contributed by atoms with van der Waals surface area (Å²) < 4.78 is 0. The molecule has 8 nitrogen and oxygen atoms in total. The van der Waals surface area contributed by atoms with E-state index < -0.39 is 24.3 Å². The highest BCUT2D eigenvalue weighted by Gasteiger charge is 2.10. The Labute approximate surface area is 119 Å². The van der Waals surface area contributed by atoms with E-state index in [2.05, 4.69) is 10.5 Å². The standard InChI is InChI=1S/C13H14N2O6/c16-11(7-13(19)20)14-9-3-1-8(2-4-9)10(15-21)5-6-12(17)18/h1-4,21H,5-7H2,(H,14,16)(H,17,18)(H,19,20). The second-order valence-electron chi connectivity index (χ2n) is 4.14. The highest BCUT2D eigenvalue weighted by molar-refractivity contribution is 6.03. The molecule has 0 aromatic heterocycles. The summed E-state index contributed by atoms with van der Waals surface area (Å²) in [5, 5.41) is 31.4. The maximum absolute atomic E-state index is 11.3. The Morgan fingerprint density at radius 3 is 2.10 bits per heavy atom. The average molecular weight is 294 g/mol. The molecule has 0 radical (unpaired) electrons. The molecule has 0 aliphatic rings. The lowest BCUT2D eigenvalue weighted by atomic mass is 10.1. The van der Waals surface area contributed by atoms with Gasteiger partial charge in [-0.3, -0.25) is 14.4 Å². The van der Waals surface area contributed by atoms with Crippen molar-refractivity contribution in [3.8, 4) is 0 Å². The van der Waals surface area contributed by atoms with Crippen LogP contribution in [0.2, 0.25) is 0 Å². The Balaban J connectivity index is 2.70. The molecule has 0 unspecified atom stereocenters. The summed E-state index contributed by atoms with van der Waals surface area (Å²) in [7, 11) is 0. The van der Waals surface area contributed by atoms with E-state index >= 15 is 0 Å². The maximum atomic E-state index is 11.3. The first-order chi connectivity index (χ1) is 9.92. The van der Waals surface area contributed by atoms with Gasteiger partial charge in [0.2, 0.25) is 5.91 Å². The highest BCUT2D eigenvalue weighted by Crippen LogP contribution is 2.13. The lowest BCUT2D eigenvalue weighted by molar-refractivity contribution is -0.140. The summed E-state index contributed by atoms with van der Waals surface area (Å²) in [5.41, 5.74) is 1.11. The van der Waals surface area contributed by atoms with Crippen molar-refractivity contribution >= 4 is 29.2 Å². The number of carboxylic acids is 2. The van der Waals surface area contributed by atoms with Crippen molar-refractivity contribution in [2.45, 2.75) is 19.3 Å². The van der Waals surface area contributed by atoms with Crippen LogP contribution in [0.3, 0.4) is 0 Å². The molecule has 0 atom stereocenters. The lowest BCUT2D eigenvalue weighted by Gasteiger charge is -2.06. The molecule has 0 aliphatic heterocycles. The number of aliphatic carboxylic acids is 2. The van der Waals surface area contributed by atoms with Gasteiger partial charge in [0.25, 0.3) is 0 Å². The minimum Gasteiger partial charge on any atom is -0.481 e. The molecular weight excluding hydrogens is 280 g/mol. The van der Waals surface area contributed by atoms with Gasteiger partial charge in [0.05, 0.1) is 12.1 Å². The van der Waals surface area contributed by atoms with Crippen molar-refractivity contribution in [3.63, 3.8) is 0 Å². The van der Waals surface area contributed by atoms with Crippen LogP contribution in [0, 0.1) is 0 Å². The molecule has 1 rings (SSSR count). The number of nitrogens with one attached hydrogen (secondary N) is 1. The molecule has 0 saturated carbocycles. The van der Waals surface area contributed by atoms with E-state index in [1.807, 2.05) is 0 Å². The molecule has 0 bridgehead atoms. The van der Waals surface area contributed by atoms with Gasteiger partial charge >= 0.3 is 11.9 Å². The molecule has 0 saturated heterocycles. The zero-order valence-corrected chi connectivity index (χ0v) is 10.9. The summed E-state index contributed by atoms with van der Waals surface area (Å²) in [5.74, 6) is -2.89. The van der Waals surface area contributed by atoms with Crippen molar-refractivity contribution in [1.82, 2.24) is 0 Å². The van der Waals surface area contributed by atoms with Gasteiger partial charge in [0.15, 0.2) is 0 Å². The minimum absolute atomic E-state index is 0.0660. The van der Waals surface area contributed by atoms with Crippen molar-refractivity contribution in [3.05, 3.63) is 29.8 Å². The van der Waals surface area contributed by atoms with E-state index in [0.717, 1.165) is 0 Å². The second-order valence-corrected chi connectivity index (χ2v) is 4.14. The Morgan fingerprint density at radius 2 is 1.62 bits per heavy atom. The number of carbonyl (C=O) groups excluding carboxylic acids is 1. The first-order valence-corrected chi connectivity index (χ1v) is 5.97. The van der Waals surface area contributed by atoms with Crippen LogP contribution in [-0.2, 0) is 14.4 Å². The molecule has 112 valence electrons. The van der Waals surface area contributed by atoms with Crippen molar-refractivity contribution in [2.24, 2.45) is 5.16 Å². The normalized spacial score (nSPS) is 11.0. The summed E-state index contributed by atoms with van der Waals surface area (Å²) in [6.45, 7) is 0. The summed E-state index contributed by atoms with van der Waals surface area (Å²) in [6, 6.07) is 6.07. The predicted octanol–water partition coefficient (Wildman–Crippen LogP) is 1.14. The Morgan fingerprint density at radius 1 is 1.00 bits per heavy atom. The molecule has 1 aromatic rings. The number of oxime groups is 1. The van der Waals surface area contributed by atoms with Gasteiger partial charge in [0, 0.05) is 12.1 Å². The van der Waals surface area contributed by atoms with Crippen molar-refractivity contribution < 1.29 is 29.8 Å². The fourth-order valence-corrected chi connectivity index (χ4v) is 1.57. The predicted molar refractivity (Wildman–Crippen MR) is 72.5 cm³/mol. The quantitative estimate of drug-likeness (QED) is 0.257. The number of benzene rings is 1. The van der Waals surface area contributed by atoms with Crippen LogP contribution in [0.25, 0.3) is 0 Å². The molecule has 21 heavy (non-hydrogen) atoms. The largest absolute Gasteiger partial charge is 0.481 e. The van der Waals surface area contributed by atoms with Crippen LogP contribution in [0.1, 0.15) is 24.8 Å². The lowest BCUT2D eigenvalue weighted by Crippen LogP contribution is -2.16. The number of amides is 1. The zero-order chi connectivity index (χ0) is 15.8. The SMILES string of the molecule is O=C(O)CCC(=NO)c1ccc(NC(=O)CC(=O)O)cc1. The van der Waals surface area contributed by atoms with Gasteiger partial charge in [-0.2, -0.15) is 0 Å². The third-order valence-corrected chi connectivity index (χ3v) is 2.51. The molecule has 8 heteroatoms. The number of carboxylic acid groups (broad SMARTS) is 2. The van der Waals surface area contributed by atoms with Crippen LogP contribution in [0.4, 0.5) is 5.69 Å². The summed E-state index contributed by atoms with van der Waals surface area (Å²) in [6.07, 6.45) is -0.739. The smallest absolute Gasteiger partial charge is 0.312 e. The van der Waals surface area contributed by atoms with Crippen molar-refractivity contribution in [2.75, 3.05) is 5.32 Å². The molecule has 0 heterocycles. The van der Waals surface area contributed by atoms with Gasteiger partial charge in [-0.1, -0.05) is 17.3 Å². The van der Waals surface area contributed by atoms with Gasteiger partial charge in [-0.05, 0) is 17.7 Å². The van der Waals surface area contributed by atoms with Gasteiger partial charge in [-0.25, -0.2) is 0 Å². The highest BCUT2D eigenvalue weighted by atomic mass is 16.4. The maximum Gasteiger partial charge on any atom is 0.312 e. The molecule has 4 N–H and O–H groups in total. The van der Waals surface area contributed by atoms with E-state index in [1.54, 1.807) is 0 Å². The third-order valence-electron chi connectivity index (χ3n) is 2.51. The van der Waals surface area contributed by atoms with Crippen LogP contribution in [-0.4, -0.2) is 39.0 Å². The summed E-state index contributed by atoms with van der Waals surface area (Å²) in [4.78, 5) is 32.1. The molecule has 0 spiro atoms. The van der Waals surface area contributed by atoms with Crippen LogP contribution in [0.15, 0.2) is 29.4 Å². The minimum atomic E-state index is -1.23. The molecule has 1 aromatic carbocycles. The number of nitrogens with zero attached hydrogens (tertiary/aromatic N) is 1.